The summed E-state index contributed by atoms with van der Waals surface area (Å²) >= 11 is 0. The first kappa shape index (κ1) is 13.0. The predicted octanol–water partition coefficient (Wildman–Crippen LogP) is 5.08. The maximum atomic E-state index is 2.46. The fourth-order valence-electron chi connectivity index (χ4n) is 2.38. The van der Waals surface area contributed by atoms with Crippen LogP contribution in [-0.4, -0.2) is 18.3 Å². The largest absolute Gasteiger partial charge is 0.220 e. The highest BCUT2D eigenvalue weighted by Gasteiger charge is 2.36. The zero-order valence-corrected chi connectivity index (χ0v) is 12.4. The molecule has 1 aliphatic carbocycles. The monoisotopic (exact) mass is 250 g/mol. The van der Waals surface area contributed by atoms with Crippen molar-refractivity contribution in [2.45, 2.75) is 43.9 Å². The minimum Gasteiger partial charge on any atom is -0.220 e. The summed E-state index contributed by atoms with van der Waals surface area (Å²) in [5, 5.41) is 0. The van der Waals surface area contributed by atoms with Gasteiger partial charge >= 0.3 is 0 Å². The van der Waals surface area contributed by atoms with E-state index in [1.54, 1.807) is 4.90 Å². The van der Waals surface area contributed by atoms with Crippen LogP contribution in [-0.2, 0) is 0 Å². The Bertz CT molecular complexity index is 349. The smallest absolute Gasteiger partial charge is 0.0104 e. The molecule has 0 unspecified atom stereocenters. The molecule has 1 aromatic rings. The molecule has 2 rings (SSSR count). The van der Waals surface area contributed by atoms with E-state index in [-0.39, 0.29) is 0 Å². The molecule has 0 atom stereocenters. The third-order valence-corrected chi connectivity index (χ3v) is 7.03. The first-order valence-electron chi connectivity index (χ1n) is 6.78. The molecule has 17 heavy (non-hydrogen) atoms. The van der Waals surface area contributed by atoms with E-state index in [9.17, 15) is 0 Å². The highest BCUT2D eigenvalue weighted by molar-refractivity contribution is 8.32. The highest BCUT2D eigenvalue weighted by atomic mass is 32.3. The molecule has 0 nitrogen and oxygen atoms in total. The first-order chi connectivity index (χ1) is 8.02. The molecule has 1 fully saturated rings. The Balaban J connectivity index is 1.77. The number of hydrogen-bond acceptors (Lipinski definition) is 0. The van der Waals surface area contributed by atoms with Crippen LogP contribution >= 0.6 is 10.0 Å². The minimum atomic E-state index is -0.558. The Labute approximate surface area is 108 Å². The maximum Gasteiger partial charge on any atom is -0.0104 e. The van der Waals surface area contributed by atoms with Gasteiger partial charge in [-0.3, -0.25) is 0 Å². The molecule has 0 heterocycles. The second-order valence-electron chi connectivity index (χ2n) is 6.32. The molecule has 0 aliphatic heterocycles. The summed E-state index contributed by atoms with van der Waals surface area (Å²) in [6.45, 7) is 2.45. The van der Waals surface area contributed by atoms with Crippen LogP contribution in [0.3, 0.4) is 0 Å². The topological polar surface area (TPSA) is 0 Å². The Morgan fingerprint density at radius 1 is 1.06 bits per heavy atom. The van der Waals surface area contributed by atoms with Crippen LogP contribution in [0.25, 0.3) is 0 Å². The molecule has 96 valence electrons. The molecular formula is C16H26S. The van der Waals surface area contributed by atoms with Gasteiger partial charge in [0.15, 0.2) is 0 Å². The molecule has 0 amide bonds. The van der Waals surface area contributed by atoms with E-state index in [2.05, 4.69) is 49.8 Å². The second kappa shape index (κ2) is 5.06. The average Bonchev–Trinajstić information content (AvgIpc) is 3.05. The molecule has 0 bridgehead atoms. The molecule has 0 aromatic heterocycles. The number of benzene rings is 1. The van der Waals surface area contributed by atoms with Crippen LogP contribution in [0.1, 0.15) is 39.0 Å². The zero-order valence-electron chi connectivity index (χ0n) is 11.5. The number of unbranched alkanes of at least 4 members (excludes halogenated alkanes) is 1. The van der Waals surface area contributed by atoms with Gasteiger partial charge < -0.3 is 0 Å². The Kier molecular flexibility index (Phi) is 3.87. The van der Waals surface area contributed by atoms with Crippen molar-refractivity contribution >= 4 is 10.0 Å². The summed E-state index contributed by atoms with van der Waals surface area (Å²) in [4.78, 5) is 1.57. The van der Waals surface area contributed by atoms with E-state index >= 15 is 0 Å². The van der Waals surface area contributed by atoms with Gasteiger partial charge in [-0.2, -0.15) is 0 Å². The molecule has 1 saturated carbocycles. The summed E-state index contributed by atoms with van der Waals surface area (Å²) in [7, 11) is -0.558. The standard InChI is InChI=1S/C16H26S/c1-16(12-13-16)11-7-8-14-17(2,3)15-9-5-4-6-10-15/h4-6,9-10H,7-8,11-14H2,1-3H3. The van der Waals surface area contributed by atoms with Gasteiger partial charge in [0.2, 0.25) is 0 Å². The van der Waals surface area contributed by atoms with Crippen LogP contribution in [0.2, 0.25) is 0 Å². The number of rotatable bonds is 6. The maximum absolute atomic E-state index is 2.46. The van der Waals surface area contributed by atoms with Crippen LogP contribution < -0.4 is 0 Å². The fraction of sp³-hybridized carbons (Fsp3) is 0.625. The van der Waals surface area contributed by atoms with Crippen molar-refractivity contribution in [2.24, 2.45) is 5.41 Å². The second-order valence-corrected chi connectivity index (χ2v) is 10.3. The van der Waals surface area contributed by atoms with Gasteiger partial charge in [-0.05, 0) is 54.3 Å². The molecule has 0 radical (unpaired) electrons. The van der Waals surface area contributed by atoms with E-state index in [4.69, 9.17) is 0 Å². The van der Waals surface area contributed by atoms with Gasteiger partial charge in [0, 0.05) is 0 Å². The first-order valence-corrected chi connectivity index (χ1v) is 9.40. The van der Waals surface area contributed by atoms with Gasteiger partial charge in [0.1, 0.15) is 0 Å². The highest BCUT2D eigenvalue weighted by Crippen LogP contribution is 2.51. The summed E-state index contributed by atoms with van der Waals surface area (Å²) in [6.07, 6.45) is 12.2. The van der Waals surface area contributed by atoms with Gasteiger partial charge in [0.05, 0.1) is 0 Å². The molecule has 0 N–H and O–H groups in total. The third kappa shape index (κ3) is 3.77. The van der Waals surface area contributed by atoms with Gasteiger partial charge in [-0.1, -0.05) is 43.7 Å². The lowest BCUT2D eigenvalue weighted by molar-refractivity contribution is 0.491. The predicted molar refractivity (Wildman–Crippen MR) is 80.2 cm³/mol. The van der Waals surface area contributed by atoms with Crippen molar-refractivity contribution in [3.8, 4) is 0 Å². The Hall–Kier alpha value is -0.430. The SMILES string of the molecule is CC1(CCCCS(C)(C)c2ccccc2)CC1. The molecule has 1 aromatic carbocycles. The average molecular weight is 250 g/mol. The lowest BCUT2D eigenvalue weighted by Gasteiger charge is -2.32. The fourth-order valence-corrected chi connectivity index (χ4v) is 4.44. The van der Waals surface area contributed by atoms with Crippen molar-refractivity contribution in [3.05, 3.63) is 30.3 Å². The van der Waals surface area contributed by atoms with Gasteiger partial charge in [0.25, 0.3) is 0 Å². The Morgan fingerprint density at radius 3 is 2.29 bits per heavy atom. The minimum absolute atomic E-state index is 0.558. The van der Waals surface area contributed by atoms with Crippen molar-refractivity contribution < 1.29 is 0 Å². The quantitative estimate of drug-likeness (QED) is 0.618. The van der Waals surface area contributed by atoms with Crippen LogP contribution in [0, 0.1) is 5.41 Å². The summed E-state index contributed by atoms with van der Waals surface area (Å²) in [6, 6.07) is 11.1. The lowest BCUT2D eigenvalue weighted by Crippen LogP contribution is -2.03. The zero-order chi connectivity index (χ0) is 12.4. The van der Waals surface area contributed by atoms with Crippen LogP contribution in [0.5, 0.6) is 0 Å². The van der Waals surface area contributed by atoms with E-state index in [1.807, 2.05) is 0 Å². The van der Waals surface area contributed by atoms with Gasteiger partial charge in [-0.25, -0.2) is 10.0 Å². The molecule has 1 aliphatic rings. The summed E-state index contributed by atoms with van der Waals surface area (Å²) in [5.41, 5.74) is 0.742. The van der Waals surface area contributed by atoms with Crippen LogP contribution in [0.4, 0.5) is 0 Å². The van der Waals surface area contributed by atoms with Crippen molar-refractivity contribution in [3.63, 3.8) is 0 Å². The van der Waals surface area contributed by atoms with E-state index in [0.29, 0.717) is 0 Å². The van der Waals surface area contributed by atoms with E-state index < -0.39 is 10.0 Å². The van der Waals surface area contributed by atoms with Crippen LogP contribution in [0.15, 0.2) is 35.2 Å². The summed E-state index contributed by atoms with van der Waals surface area (Å²) in [5.74, 6) is 1.40. The molecule has 0 saturated heterocycles. The van der Waals surface area contributed by atoms with Crippen molar-refractivity contribution in [1.29, 1.82) is 0 Å². The summed E-state index contributed by atoms with van der Waals surface area (Å²) < 4.78 is 0. The molecule has 1 heteroatoms. The molecule has 0 spiro atoms. The number of hydrogen-bond donors (Lipinski definition) is 0. The van der Waals surface area contributed by atoms with Crippen molar-refractivity contribution in [1.82, 2.24) is 0 Å². The third-order valence-electron chi connectivity index (χ3n) is 4.17. The molecular weight excluding hydrogens is 224 g/mol. The van der Waals surface area contributed by atoms with E-state index in [1.165, 1.54) is 37.9 Å². The van der Waals surface area contributed by atoms with E-state index in [0.717, 1.165) is 5.41 Å². The van der Waals surface area contributed by atoms with Crippen molar-refractivity contribution in [2.75, 3.05) is 18.3 Å². The lowest BCUT2D eigenvalue weighted by atomic mass is 10.0. The normalized spacial score (nSPS) is 19.0. The Morgan fingerprint density at radius 2 is 1.71 bits per heavy atom. The van der Waals surface area contributed by atoms with Gasteiger partial charge in [-0.15, -0.1) is 0 Å².